The van der Waals surface area contributed by atoms with Gasteiger partial charge in [0.1, 0.15) is 11.5 Å². The van der Waals surface area contributed by atoms with Gasteiger partial charge in [0, 0.05) is 16.2 Å². The number of rotatable bonds is 5. The van der Waals surface area contributed by atoms with E-state index < -0.39 is 5.69 Å². The highest BCUT2D eigenvalue weighted by Gasteiger charge is 2.21. The maximum absolute atomic E-state index is 13.6. The van der Waals surface area contributed by atoms with Crippen molar-refractivity contribution in [1.82, 2.24) is 29.5 Å². The van der Waals surface area contributed by atoms with Crippen molar-refractivity contribution in [3.8, 4) is 5.88 Å². The van der Waals surface area contributed by atoms with E-state index in [1.54, 1.807) is 18.3 Å². The zero-order chi connectivity index (χ0) is 21.5. The van der Waals surface area contributed by atoms with Crippen molar-refractivity contribution >= 4 is 33.6 Å². The number of benzene rings is 1. The third-order valence-corrected chi connectivity index (χ3v) is 5.48. The molecule has 1 aliphatic rings. The summed E-state index contributed by atoms with van der Waals surface area (Å²) >= 11 is 3.41. The summed E-state index contributed by atoms with van der Waals surface area (Å²) < 4.78 is 15.9. The van der Waals surface area contributed by atoms with Gasteiger partial charge in [-0.3, -0.25) is 4.98 Å². The van der Waals surface area contributed by atoms with Gasteiger partial charge in [-0.25, -0.2) is 14.2 Å². The molecule has 5 rings (SSSR count). The highest BCUT2D eigenvalue weighted by atomic mass is 79.9. The molecule has 0 radical (unpaired) electrons. The van der Waals surface area contributed by atoms with Gasteiger partial charge in [0.25, 0.3) is 5.62 Å². The molecule has 0 spiro atoms. The second-order valence-corrected chi connectivity index (χ2v) is 7.97. The second-order valence-electron chi connectivity index (χ2n) is 7.12. The van der Waals surface area contributed by atoms with Gasteiger partial charge < -0.3 is 15.4 Å². The molecule has 1 aromatic carbocycles. The van der Waals surface area contributed by atoms with Crippen LogP contribution < -0.4 is 21.8 Å². The van der Waals surface area contributed by atoms with Crippen molar-refractivity contribution < 1.29 is 9.50 Å². The van der Waals surface area contributed by atoms with Crippen LogP contribution in [0, 0.1) is 5.82 Å². The van der Waals surface area contributed by atoms with Crippen LogP contribution >= 0.6 is 15.9 Å². The molecule has 0 aliphatic heterocycles. The topological polar surface area (TPSA) is 136 Å². The third-order valence-electron chi connectivity index (χ3n) is 4.70. The van der Waals surface area contributed by atoms with Crippen molar-refractivity contribution in [1.29, 1.82) is 0 Å². The lowest BCUT2D eigenvalue weighted by Gasteiger charge is -2.07. The zero-order valence-electron chi connectivity index (χ0n) is 15.9. The van der Waals surface area contributed by atoms with Gasteiger partial charge >= 0.3 is 5.69 Å². The van der Waals surface area contributed by atoms with Crippen LogP contribution in [-0.2, 0) is 6.54 Å². The molecule has 0 bridgehead atoms. The number of nitrogens with one attached hydrogen (secondary N) is 3. The quantitative estimate of drug-likeness (QED) is 0.331. The van der Waals surface area contributed by atoms with E-state index in [0.29, 0.717) is 28.0 Å². The Morgan fingerprint density at radius 3 is 2.94 bits per heavy atom. The fraction of sp³-hybridized carbons (Fsp3) is 0.211. The summed E-state index contributed by atoms with van der Waals surface area (Å²) in [5.41, 5.74) is 1.22. The van der Waals surface area contributed by atoms with E-state index in [2.05, 4.69) is 51.3 Å². The summed E-state index contributed by atoms with van der Waals surface area (Å²) in [7, 11) is 0. The van der Waals surface area contributed by atoms with E-state index >= 15 is 0 Å². The fourth-order valence-corrected chi connectivity index (χ4v) is 3.40. The van der Waals surface area contributed by atoms with Crippen LogP contribution in [0.3, 0.4) is 0 Å². The summed E-state index contributed by atoms with van der Waals surface area (Å²) in [6.45, 7) is 0.288. The molecule has 4 N–H and O–H groups in total. The average Bonchev–Trinajstić information content (AvgIpc) is 3.37. The fourth-order valence-electron chi connectivity index (χ4n) is 3.01. The molecular weight excluding hydrogens is 471 g/mol. The Morgan fingerprint density at radius 2 is 2.19 bits per heavy atom. The van der Waals surface area contributed by atoms with Crippen LogP contribution in [0.1, 0.15) is 24.1 Å². The van der Waals surface area contributed by atoms with E-state index in [4.69, 9.17) is 0 Å². The van der Waals surface area contributed by atoms with Gasteiger partial charge in [-0.1, -0.05) is 15.9 Å². The van der Waals surface area contributed by atoms with Crippen LogP contribution in [0.15, 0.2) is 38.7 Å². The van der Waals surface area contributed by atoms with E-state index in [-0.39, 0.29) is 30.0 Å². The van der Waals surface area contributed by atoms with Gasteiger partial charge in [0.15, 0.2) is 5.65 Å². The summed E-state index contributed by atoms with van der Waals surface area (Å²) in [6, 6.07) is 4.63. The Hall–Kier alpha value is -3.54. The van der Waals surface area contributed by atoms with Gasteiger partial charge in [-0.15, -0.1) is 0 Å². The van der Waals surface area contributed by atoms with Gasteiger partial charge in [0.2, 0.25) is 11.8 Å². The molecule has 3 aromatic heterocycles. The lowest BCUT2D eigenvalue weighted by Crippen LogP contribution is -2.24. The number of imidazole rings is 1. The van der Waals surface area contributed by atoms with Gasteiger partial charge in [-0.05, 0) is 42.7 Å². The molecule has 12 heteroatoms. The average molecular weight is 487 g/mol. The molecular formula is C19H16BrFN8O2. The van der Waals surface area contributed by atoms with Crippen LogP contribution in [0.4, 0.5) is 10.3 Å². The molecule has 158 valence electrons. The number of aromatic nitrogens is 6. The summed E-state index contributed by atoms with van der Waals surface area (Å²) in [5, 5.41) is 17.8. The Labute approximate surface area is 181 Å². The molecule has 0 saturated heterocycles. The largest absolute Gasteiger partial charge is 0.493 e. The van der Waals surface area contributed by atoms with E-state index in [1.807, 2.05) is 0 Å². The minimum absolute atomic E-state index is 0.199. The smallest absolute Gasteiger partial charge is 0.326 e. The summed E-state index contributed by atoms with van der Waals surface area (Å²) in [4.78, 5) is 29.8. The van der Waals surface area contributed by atoms with E-state index in [9.17, 15) is 14.3 Å². The first-order chi connectivity index (χ1) is 15.0. The first-order valence-electron chi connectivity index (χ1n) is 9.47. The predicted octanol–water partition coefficient (Wildman–Crippen LogP) is 0.971. The molecule has 10 nitrogen and oxygen atoms in total. The Morgan fingerprint density at radius 1 is 1.35 bits per heavy atom. The molecule has 1 saturated carbocycles. The number of hydrogen-bond donors (Lipinski definition) is 4. The first kappa shape index (κ1) is 19.4. The molecule has 0 unspecified atom stereocenters. The highest BCUT2D eigenvalue weighted by molar-refractivity contribution is 9.10. The number of fused-ring (bicyclic) bond motifs is 1. The molecule has 0 atom stereocenters. The van der Waals surface area contributed by atoms with Crippen LogP contribution in [-0.4, -0.2) is 40.7 Å². The maximum atomic E-state index is 13.6. The Kier molecular flexibility index (Phi) is 4.77. The standard InChI is InChI=1S/C19H16BrFN8O2/c20-13-4-1-11(21)5-9(13)7-22-17-26-15-10(6-14-16(30)27-19(31)25-14)8-23-29(15)18(28-17)24-12-2-3-12/h1,4-6,8,12,30H,2-3,7H2,(H,22,24,28)(H2,25,27,31). The summed E-state index contributed by atoms with van der Waals surface area (Å²) in [5.74, 6) is -0.325. The number of hydrogen-bond acceptors (Lipinski definition) is 7. The molecule has 3 heterocycles. The molecule has 1 aliphatic carbocycles. The van der Waals surface area contributed by atoms with Crippen molar-refractivity contribution in [2.75, 3.05) is 5.32 Å². The SMILES string of the molecule is O=c1[nH]c(O)c(C=c2cnn3c(=NC4CC4)nc(NCc4cc(F)ccc4Br)nc23)[nH]1. The summed E-state index contributed by atoms with van der Waals surface area (Å²) in [6.07, 6.45) is 5.08. The number of H-pyrrole nitrogens is 2. The lowest BCUT2D eigenvalue weighted by molar-refractivity contribution is 0.454. The number of anilines is 1. The minimum Gasteiger partial charge on any atom is -0.493 e. The Balaban J connectivity index is 1.59. The number of nitrogens with zero attached hydrogens (tertiary/aromatic N) is 5. The number of halogens is 2. The maximum Gasteiger partial charge on any atom is 0.326 e. The third kappa shape index (κ3) is 4.06. The lowest BCUT2D eigenvalue weighted by atomic mass is 10.2. The van der Waals surface area contributed by atoms with Crippen LogP contribution in [0.25, 0.3) is 11.7 Å². The molecule has 1 fully saturated rings. The minimum atomic E-state index is -0.526. The van der Waals surface area contributed by atoms with Gasteiger partial charge in [-0.2, -0.15) is 19.6 Å². The van der Waals surface area contributed by atoms with Crippen molar-refractivity contribution in [2.24, 2.45) is 4.99 Å². The zero-order valence-corrected chi connectivity index (χ0v) is 17.5. The Bertz CT molecular complexity index is 1470. The van der Waals surface area contributed by atoms with Gasteiger partial charge in [0.05, 0.1) is 12.2 Å². The van der Waals surface area contributed by atoms with Crippen LogP contribution in [0.2, 0.25) is 0 Å². The van der Waals surface area contributed by atoms with Crippen molar-refractivity contribution in [2.45, 2.75) is 25.4 Å². The first-order valence-corrected chi connectivity index (χ1v) is 10.3. The highest BCUT2D eigenvalue weighted by Crippen LogP contribution is 2.22. The number of aromatic amines is 2. The normalized spacial score (nSPS) is 15.2. The van der Waals surface area contributed by atoms with Crippen molar-refractivity contribution in [3.63, 3.8) is 0 Å². The number of aromatic hydroxyl groups is 1. The molecule has 31 heavy (non-hydrogen) atoms. The molecule has 4 aromatic rings. The molecule has 0 amide bonds. The van der Waals surface area contributed by atoms with Crippen molar-refractivity contribution in [3.05, 3.63) is 67.3 Å². The predicted molar refractivity (Wildman–Crippen MR) is 113 cm³/mol. The second kappa shape index (κ2) is 7.61. The monoisotopic (exact) mass is 486 g/mol. The van der Waals surface area contributed by atoms with E-state index in [0.717, 1.165) is 17.3 Å². The van der Waals surface area contributed by atoms with Crippen LogP contribution in [0.5, 0.6) is 5.88 Å². The van der Waals surface area contributed by atoms with E-state index in [1.165, 1.54) is 16.6 Å².